The highest BCUT2D eigenvalue weighted by molar-refractivity contribution is 5.87. The fourth-order valence-electron chi connectivity index (χ4n) is 3.58. The molecule has 2 aromatic rings. The summed E-state index contributed by atoms with van der Waals surface area (Å²) in [7, 11) is 0. The minimum absolute atomic E-state index is 0.0187. The van der Waals surface area contributed by atoms with Gasteiger partial charge in [0.15, 0.2) is 11.5 Å². The van der Waals surface area contributed by atoms with Gasteiger partial charge in [0.2, 0.25) is 24.6 Å². The van der Waals surface area contributed by atoms with Crippen molar-refractivity contribution in [1.82, 2.24) is 15.0 Å². The maximum absolute atomic E-state index is 11.5. The van der Waals surface area contributed by atoms with Crippen LogP contribution in [0.4, 0.5) is 23.5 Å². The molecule has 14 nitrogen and oxygen atoms in total. The summed E-state index contributed by atoms with van der Waals surface area (Å²) in [6.45, 7) is 5.04. The van der Waals surface area contributed by atoms with Crippen LogP contribution in [0, 0.1) is 10.1 Å². The molecule has 14 heteroatoms. The molecule has 0 atom stereocenters. The Kier molecular flexibility index (Phi) is 5.99. The Morgan fingerprint density at radius 3 is 2.09 bits per heavy atom. The number of aromatic nitrogens is 3. The molecule has 0 radical (unpaired) electrons. The van der Waals surface area contributed by atoms with Gasteiger partial charge in [-0.25, -0.2) is 5.43 Å². The third-order valence-corrected chi connectivity index (χ3v) is 5.29. The van der Waals surface area contributed by atoms with E-state index >= 15 is 0 Å². The molecule has 0 aliphatic carbocycles. The molecule has 0 amide bonds. The molecular formula is C19H22N8O6. The molecule has 0 saturated carbocycles. The van der Waals surface area contributed by atoms with Crippen LogP contribution < -0.4 is 24.7 Å². The highest BCUT2D eigenvalue weighted by atomic mass is 16.7. The molecule has 1 N–H and O–H groups in total. The molecule has 4 heterocycles. The summed E-state index contributed by atoms with van der Waals surface area (Å²) in [4.78, 5) is 28.6. The second kappa shape index (κ2) is 9.38. The highest BCUT2D eigenvalue weighted by Crippen LogP contribution is 2.37. The molecule has 1 aromatic carbocycles. The van der Waals surface area contributed by atoms with Crippen LogP contribution >= 0.6 is 0 Å². The van der Waals surface area contributed by atoms with E-state index in [1.165, 1.54) is 18.3 Å². The molecular weight excluding hydrogens is 436 g/mol. The second-order valence-corrected chi connectivity index (χ2v) is 7.35. The number of rotatable bonds is 6. The number of nitrogens with zero attached hydrogens (tertiary/aromatic N) is 7. The minimum atomic E-state index is -0.501. The SMILES string of the molecule is O=[N+]([O-])c1cc2c(cc1/C=N\Nc1nc(N3CCOCC3)nc(N3CCOCC3)n1)OCO2. The van der Waals surface area contributed by atoms with Crippen molar-refractivity contribution in [2.45, 2.75) is 0 Å². The number of fused-ring (bicyclic) bond motifs is 1. The highest BCUT2D eigenvalue weighted by Gasteiger charge is 2.23. The summed E-state index contributed by atoms with van der Waals surface area (Å²) in [5.74, 6) is 2.01. The number of benzene rings is 1. The summed E-state index contributed by atoms with van der Waals surface area (Å²) < 4.78 is 21.4. The maximum Gasteiger partial charge on any atom is 0.282 e. The lowest BCUT2D eigenvalue weighted by molar-refractivity contribution is -0.385. The van der Waals surface area contributed by atoms with Crippen LogP contribution in [0.15, 0.2) is 17.2 Å². The molecule has 0 unspecified atom stereocenters. The van der Waals surface area contributed by atoms with Crippen LogP contribution in [0.3, 0.4) is 0 Å². The Hall–Kier alpha value is -3.78. The molecule has 3 aliphatic heterocycles. The first-order valence-electron chi connectivity index (χ1n) is 10.5. The van der Waals surface area contributed by atoms with Crippen molar-refractivity contribution in [3.63, 3.8) is 0 Å². The molecule has 3 aliphatic rings. The van der Waals surface area contributed by atoms with Crippen LogP contribution in [0.2, 0.25) is 0 Å². The Morgan fingerprint density at radius 1 is 0.939 bits per heavy atom. The average molecular weight is 458 g/mol. The van der Waals surface area contributed by atoms with Gasteiger partial charge in [-0.15, -0.1) is 0 Å². The van der Waals surface area contributed by atoms with Crippen molar-refractivity contribution in [3.05, 3.63) is 27.8 Å². The first-order chi connectivity index (χ1) is 16.2. The standard InChI is InChI=1S/C19H22N8O6/c28-27(29)14-10-16-15(32-12-33-16)9-13(14)11-20-24-17-21-18(25-1-5-30-6-2-25)23-19(22-17)26-3-7-31-8-4-26/h9-11H,1-8,12H2,(H,21,22,23,24)/b20-11-. The van der Waals surface area contributed by atoms with Gasteiger partial charge < -0.3 is 28.7 Å². The van der Waals surface area contributed by atoms with Crippen molar-refractivity contribution in [2.24, 2.45) is 5.10 Å². The molecule has 174 valence electrons. The number of nitro groups is 1. The molecule has 0 spiro atoms. The predicted molar refractivity (Wildman–Crippen MR) is 116 cm³/mol. The predicted octanol–water partition coefficient (Wildman–Crippen LogP) is 0.628. The summed E-state index contributed by atoms with van der Waals surface area (Å²) >= 11 is 0. The normalized spacial score (nSPS) is 18.1. The van der Waals surface area contributed by atoms with Crippen molar-refractivity contribution in [1.29, 1.82) is 0 Å². The smallest absolute Gasteiger partial charge is 0.282 e. The van der Waals surface area contributed by atoms with Crippen molar-refractivity contribution in [3.8, 4) is 11.5 Å². The van der Waals surface area contributed by atoms with Crippen LogP contribution in [0.25, 0.3) is 0 Å². The number of nitro benzene ring substituents is 1. The number of nitrogens with one attached hydrogen (secondary N) is 1. The van der Waals surface area contributed by atoms with Gasteiger partial charge in [-0.2, -0.15) is 20.1 Å². The number of anilines is 3. The van der Waals surface area contributed by atoms with E-state index in [1.54, 1.807) is 0 Å². The van der Waals surface area contributed by atoms with Gasteiger partial charge in [-0.05, 0) is 6.07 Å². The minimum Gasteiger partial charge on any atom is -0.454 e. The van der Waals surface area contributed by atoms with Crippen LogP contribution in [-0.2, 0) is 9.47 Å². The summed E-state index contributed by atoms with van der Waals surface area (Å²) in [5, 5.41) is 15.6. The Bertz CT molecular complexity index is 1020. The third-order valence-electron chi connectivity index (χ3n) is 5.29. The molecule has 33 heavy (non-hydrogen) atoms. The fourth-order valence-corrected chi connectivity index (χ4v) is 3.58. The van der Waals surface area contributed by atoms with Crippen molar-refractivity contribution < 1.29 is 23.9 Å². The number of hydrogen-bond acceptors (Lipinski definition) is 13. The van der Waals surface area contributed by atoms with Gasteiger partial charge in [0.05, 0.1) is 49.2 Å². The molecule has 1 aromatic heterocycles. The molecule has 2 fully saturated rings. The van der Waals surface area contributed by atoms with E-state index in [1.807, 2.05) is 9.80 Å². The second-order valence-electron chi connectivity index (χ2n) is 7.35. The largest absolute Gasteiger partial charge is 0.454 e. The van der Waals surface area contributed by atoms with Crippen LogP contribution in [0.1, 0.15) is 5.56 Å². The first-order valence-corrected chi connectivity index (χ1v) is 10.5. The first kappa shape index (κ1) is 21.1. The lowest BCUT2D eigenvalue weighted by Gasteiger charge is -2.30. The van der Waals surface area contributed by atoms with Gasteiger partial charge in [0.1, 0.15) is 0 Å². The summed E-state index contributed by atoms with van der Waals surface area (Å²) in [5.41, 5.74) is 2.89. The number of hydrogen-bond donors (Lipinski definition) is 1. The molecule has 0 bridgehead atoms. The van der Waals surface area contributed by atoms with E-state index in [9.17, 15) is 10.1 Å². The van der Waals surface area contributed by atoms with Crippen molar-refractivity contribution in [2.75, 3.05) is 74.6 Å². The summed E-state index contributed by atoms with van der Waals surface area (Å²) in [6.07, 6.45) is 1.33. The van der Waals surface area contributed by atoms with Gasteiger partial charge in [-0.3, -0.25) is 10.1 Å². The van der Waals surface area contributed by atoms with Crippen LogP contribution in [-0.4, -0.2) is 85.5 Å². The number of ether oxygens (including phenoxy) is 4. The Morgan fingerprint density at radius 2 is 1.52 bits per heavy atom. The van der Waals surface area contributed by atoms with Crippen LogP contribution in [0.5, 0.6) is 11.5 Å². The average Bonchev–Trinajstić information content (AvgIpc) is 3.32. The molecule has 2 saturated heterocycles. The van der Waals surface area contributed by atoms with Gasteiger partial charge >= 0.3 is 0 Å². The van der Waals surface area contributed by atoms with Gasteiger partial charge in [0.25, 0.3) is 5.69 Å². The Balaban J connectivity index is 1.40. The van der Waals surface area contributed by atoms with E-state index in [0.717, 1.165) is 0 Å². The van der Waals surface area contributed by atoms with E-state index in [2.05, 4.69) is 25.5 Å². The third kappa shape index (κ3) is 4.70. The number of morpholine rings is 2. The molecule has 5 rings (SSSR count). The van der Waals surface area contributed by atoms with E-state index < -0.39 is 4.92 Å². The van der Waals surface area contributed by atoms with Crippen molar-refractivity contribution >= 4 is 29.7 Å². The lowest BCUT2D eigenvalue weighted by atomic mass is 10.1. The van der Waals surface area contributed by atoms with E-state index in [0.29, 0.717) is 76.0 Å². The van der Waals surface area contributed by atoms with Gasteiger partial charge in [-0.1, -0.05) is 0 Å². The maximum atomic E-state index is 11.5. The van der Waals surface area contributed by atoms with Gasteiger partial charge in [0, 0.05) is 26.2 Å². The Labute approximate surface area is 188 Å². The zero-order valence-electron chi connectivity index (χ0n) is 17.7. The zero-order valence-corrected chi connectivity index (χ0v) is 17.7. The van der Waals surface area contributed by atoms with E-state index in [4.69, 9.17) is 18.9 Å². The fraction of sp³-hybridized carbons (Fsp3) is 0.474. The topological polar surface area (TPSA) is 150 Å². The monoisotopic (exact) mass is 458 g/mol. The lowest BCUT2D eigenvalue weighted by Crippen LogP contribution is -2.40. The quantitative estimate of drug-likeness (QED) is 0.367. The van der Waals surface area contributed by atoms with E-state index in [-0.39, 0.29) is 24.0 Å². The number of hydrazone groups is 1. The summed E-state index contributed by atoms with van der Waals surface area (Å²) in [6, 6.07) is 2.83. The zero-order chi connectivity index (χ0) is 22.6.